The minimum absolute atomic E-state index is 0.0468. The van der Waals surface area contributed by atoms with Crippen LogP contribution in [-0.4, -0.2) is 56.9 Å². The predicted octanol–water partition coefficient (Wildman–Crippen LogP) is 5.18. The molecule has 10 heteroatoms. The first-order chi connectivity index (χ1) is 18.7. The number of aliphatic hydroxyl groups excluding tert-OH is 1. The van der Waals surface area contributed by atoms with Crippen LogP contribution in [0.2, 0.25) is 0 Å². The number of carbonyl (C=O) groups is 2. The van der Waals surface area contributed by atoms with Crippen LogP contribution in [0.4, 0.5) is 0 Å². The topological polar surface area (TPSA) is 115 Å². The van der Waals surface area contributed by atoms with Gasteiger partial charge in [-0.05, 0) is 62.5 Å². The van der Waals surface area contributed by atoms with E-state index in [2.05, 4.69) is 30.9 Å². The van der Waals surface area contributed by atoms with E-state index in [1.54, 1.807) is 64.6 Å². The number of benzene rings is 1. The molecule has 2 aromatic heterocycles. The number of aliphatic hydroxyl groups is 1. The molecule has 0 radical (unpaired) electrons. The Bertz CT molecular complexity index is 1410. The van der Waals surface area contributed by atoms with Crippen molar-refractivity contribution >= 4 is 23.2 Å². The summed E-state index contributed by atoms with van der Waals surface area (Å²) >= 11 is 1.39. The molecule has 1 amide bonds. The molecule has 1 aliphatic heterocycles. The second-order valence-electron chi connectivity index (χ2n) is 12.1. The number of aromatic nitrogens is 2. The fourth-order valence-electron chi connectivity index (χ4n) is 5.03. The first-order valence-corrected chi connectivity index (χ1v) is 14.0. The molecule has 0 spiro atoms. The Morgan fingerprint density at radius 1 is 1.18 bits per heavy atom. The molecule has 0 unspecified atom stereocenters. The van der Waals surface area contributed by atoms with Crippen molar-refractivity contribution in [1.82, 2.24) is 15.0 Å². The van der Waals surface area contributed by atoms with Crippen LogP contribution in [0.5, 0.6) is 5.75 Å². The molecule has 9 nitrogen and oxygen atoms in total. The lowest BCUT2D eigenvalue weighted by Crippen LogP contribution is -2.57. The van der Waals surface area contributed by atoms with Crippen molar-refractivity contribution in [3.63, 3.8) is 0 Å². The molecule has 0 saturated heterocycles. The Morgan fingerprint density at radius 3 is 2.42 bits per heavy atom. The molecular weight excluding hydrogens is 530 g/mol. The molecule has 0 bridgehead atoms. The summed E-state index contributed by atoms with van der Waals surface area (Å²) < 4.78 is 17.0. The highest BCUT2D eigenvalue weighted by Crippen LogP contribution is 2.46. The first-order valence-electron chi connectivity index (χ1n) is 13.1. The first kappa shape index (κ1) is 29.5. The Kier molecular flexibility index (Phi) is 7.97. The zero-order chi connectivity index (χ0) is 29.5. The van der Waals surface area contributed by atoms with E-state index in [4.69, 9.17) is 14.0 Å². The molecule has 4 rings (SSSR count). The van der Waals surface area contributed by atoms with E-state index >= 15 is 0 Å². The molecule has 0 saturated carbocycles. The number of esters is 1. The van der Waals surface area contributed by atoms with E-state index in [9.17, 15) is 14.7 Å². The molecular formula is C30H37N3O6S. The van der Waals surface area contributed by atoms with Gasteiger partial charge in [-0.15, -0.1) is 11.3 Å². The van der Waals surface area contributed by atoms with Crippen LogP contribution in [0.15, 0.2) is 51.3 Å². The molecule has 214 valence electrons. The minimum atomic E-state index is -1.62. The number of methoxy groups -OCH3 is 1. The Labute approximate surface area is 238 Å². The standard InChI is InChI=1S/C30H37N3O6S/c1-18-11-23(32-39-18)25-20(15-34)13-30(14-21-16-40-17-31-21,27(36)38-29(5,6)7)33(25)26(35)19-9-10-22(28(2,3)4)24(12-19)37-8/h9-13,16-17,25,34H,14-15H2,1-8H3/t25-,30-/m1/s1. The maximum atomic E-state index is 14.6. The summed E-state index contributed by atoms with van der Waals surface area (Å²) in [7, 11) is 1.56. The normalized spacial score (nSPS) is 19.5. The average Bonchev–Trinajstić information content (AvgIpc) is 3.61. The van der Waals surface area contributed by atoms with Crippen molar-refractivity contribution < 1.29 is 28.7 Å². The van der Waals surface area contributed by atoms with Gasteiger partial charge in [0.25, 0.3) is 5.91 Å². The van der Waals surface area contributed by atoms with E-state index < -0.39 is 35.7 Å². The zero-order valence-electron chi connectivity index (χ0n) is 24.3. The van der Waals surface area contributed by atoms with Gasteiger partial charge in [0.15, 0.2) is 5.54 Å². The van der Waals surface area contributed by atoms with Crippen LogP contribution in [0, 0.1) is 6.92 Å². The van der Waals surface area contributed by atoms with Crippen LogP contribution in [-0.2, 0) is 21.4 Å². The average molecular weight is 568 g/mol. The second-order valence-corrected chi connectivity index (χ2v) is 12.8. The number of aryl methyl sites for hydroxylation is 1. The third-order valence-electron chi connectivity index (χ3n) is 6.73. The summed E-state index contributed by atoms with van der Waals surface area (Å²) in [6.45, 7) is 12.8. The summed E-state index contributed by atoms with van der Waals surface area (Å²) in [5.41, 5.74) is 1.68. The quantitative estimate of drug-likeness (QED) is 0.307. The van der Waals surface area contributed by atoms with Gasteiger partial charge in [-0.2, -0.15) is 0 Å². The second kappa shape index (κ2) is 10.8. The van der Waals surface area contributed by atoms with Gasteiger partial charge in [-0.25, -0.2) is 9.78 Å². The maximum Gasteiger partial charge on any atom is 0.337 e. The largest absolute Gasteiger partial charge is 0.496 e. The minimum Gasteiger partial charge on any atom is -0.496 e. The van der Waals surface area contributed by atoms with Crippen LogP contribution >= 0.6 is 11.3 Å². The van der Waals surface area contributed by atoms with Gasteiger partial charge < -0.3 is 24.0 Å². The van der Waals surface area contributed by atoms with Gasteiger partial charge in [0.05, 0.1) is 24.9 Å². The molecule has 1 aromatic carbocycles. The highest BCUT2D eigenvalue weighted by Gasteiger charge is 2.56. The van der Waals surface area contributed by atoms with Crippen LogP contribution in [0.1, 0.15) is 80.7 Å². The third-order valence-corrected chi connectivity index (χ3v) is 7.37. The Morgan fingerprint density at radius 2 is 1.90 bits per heavy atom. The molecule has 3 aromatic rings. The summed E-state index contributed by atoms with van der Waals surface area (Å²) in [5.74, 6) is 0.00717. The SMILES string of the molecule is COc1cc(C(=O)N2[C@@H](c3cc(C)on3)C(CO)=C[C@@]2(Cc2cscn2)C(=O)OC(C)(C)C)ccc1C(C)(C)C. The lowest BCUT2D eigenvalue weighted by atomic mass is 9.85. The van der Waals surface area contributed by atoms with E-state index in [1.807, 2.05) is 11.4 Å². The molecule has 1 aliphatic rings. The molecule has 40 heavy (non-hydrogen) atoms. The summed E-state index contributed by atoms with van der Waals surface area (Å²) in [5, 5.41) is 16.5. The van der Waals surface area contributed by atoms with Crippen LogP contribution in [0.3, 0.4) is 0 Å². The summed E-state index contributed by atoms with van der Waals surface area (Å²) in [6, 6.07) is 6.11. The number of amides is 1. The highest BCUT2D eigenvalue weighted by atomic mass is 32.1. The Hall–Kier alpha value is -3.50. The fourth-order valence-corrected chi connectivity index (χ4v) is 5.59. The van der Waals surface area contributed by atoms with Crippen molar-refractivity contribution in [2.75, 3.05) is 13.7 Å². The van der Waals surface area contributed by atoms with Crippen LogP contribution in [0.25, 0.3) is 0 Å². The molecule has 1 N–H and O–H groups in total. The van der Waals surface area contributed by atoms with Crippen molar-refractivity contribution in [1.29, 1.82) is 0 Å². The molecule has 0 fully saturated rings. The van der Waals surface area contributed by atoms with E-state index in [1.165, 1.54) is 16.2 Å². The number of hydrogen-bond donors (Lipinski definition) is 1. The molecule has 3 heterocycles. The smallest absolute Gasteiger partial charge is 0.337 e. The van der Waals surface area contributed by atoms with Crippen molar-refractivity contribution in [2.24, 2.45) is 0 Å². The molecule has 2 atom stereocenters. The number of ether oxygens (including phenoxy) is 2. The summed E-state index contributed by atoms with van der Waals surface area (Å²) in [4.78, 5) is 34.7. The lowest BCUT2D eigenvalue weighted by Gasteiger charge is -2.40. The van der Waals surface area contributed by atoms with Crippen molar-refractivity contribution in [2.45, 2.75) is 77.5 Å². The van der Waals surface area contributed by atoms with Crippen LogP contribution < -0.4 is 4.74 Å². The zero-order valence-corrected chi connectivity index (χ0v) is 25.1. The monoisotopic (exact) mass is 567 g/mol. The van der Waals surface area contributed by atoms with Gasteiger partial charge >= 0.3 is 5.97 Å². The van der Waals surface area contributed by atoms with E-state index in [0.717, 1.165) is 5.56 Å². The lowest BCUT2D eigenvalue weighted by molar-refractivity contribution is -0.165. The number of rotatable bonds is 7. The van der Waals surface area contributed by atoms with E-state index in [0.29, 0.717) is 34.0 Å². The maximum absolute atomic E-state index is 14.6. The van der Waals surface area contributed by atoms with Gasteiger partial charge in [-0.1, -0.05) is 32.0 Å². The van der Waals surface area contributed by atoms with Crippen molar-refractivity contribution in [3.05, 3.63) is 75.1 Å². The number of carbonyl (C=O) groups excluding carboxylic acids is 2. The summed E-state index contributed by atoms with van der Waals surface area (Å²) in [6.07, 6.45) is 1.68. The van der Waals surface area contributed by atoms with Gasteiger partial charge in [0.1, 0.15) is 28.8 Å². The number of thiazole rings is 1. The van der Waals surface area contributed by atoms with Gasteiger partial charge in [0.2, 0.25) is 0 Å². The van der Waals surface area contributed by atoms with Gasteiger partial charge in [0, 0.05) is 23.4 Å². The van der Waals surface area contributed by atoms with Gasteiger partial charge in [-0.3, -0.25) is 4.79 Å². The van der Waals surface area contributed by atoms with Crippen molar-refractivity contribution in [3.8, 4) is 5.75 Å². The number of nitrogens with zero attached hydrogens (tertiary/aromatic N) is 3. The number of hydrogen-bond acceptors (Lipinski definition) is 9. The van der Waals surface area contributed by atoms with E-state index in [-0.39, 0.29) is 11.8 Å². The fraction of sp³-hybridized carbons (Fsp3) is 0.467. The predicted molar refractivity (Wildman–Crippen MR) is 151 cm³/mol. The highest BCUT2D eigenvalue weighted by molar-refractivity contribution is 7.07. The molecule has 0 aliphatic carbocycles. The Balaban J connectivity index is 1.95. The third kappa shape index (κ3) is 5.69.